The van der Waals surface area contributed by atoms with Crippen molar-refractivity contribution < 1.29 is 13.2 Å². The number of nitrogens with zero attached hydrogens (tertiary/aromatic N) is 1. The first-order valence-electron chi connectivity index (χ1n) is 8.46. The van der Waals surface area contributed by atoms with Crippen LogP contribution in [0.25, 0.3) is 0 Å². The number of benzene rings is 2. The van der Waals surface area contributed by atoms with Crippen LogP contribution in [0.3, 0.4) is 0 Å². The van der Waals surface area contributed by atoms with Crippen molar-refractivity contribution in [1.29, 1.82) is 0 Å². The number of nitrogens with one attached hydrogen (secondary N) is 1. The molecule has 0 aromatic heterocycles. The second kappa shape index (κ2) is 9.44. The molecule has 0 radical (unpaired) electrons. The molecule has 1 atom stereocenters. The standard InChI is InChI=1S/C19H22Cl2N2O3S/c1-14(23(27(2,25)26)17-11-9-16(20)10-12-17)19(24)22-13-5-7-15-6-3-4-8-18(15)21/h3-4,6,8-12,14H,5,7,13H2,1-2H3,(H,22,24)/t14-/m0/s1. The van der Waals surface area contributed by atoms with Gasteiger partial charge in [-0.25, -0.2) is 8.42 Å². The third-order valence-corrected chi connectivity index (χ3v) is 5.91. The maximum absolute atomic E-state index is 12.5. The summed E-state index contributed by atoms with van der Waals surface area (Å²) in [5.74, 6) is -0.366. The fourth-order valence-corrected chi connectivity index (χ4v) is 4.27. The highest BCUT2D eigenvalue weighted by Gasteiger charge is 2.28. The molecule has 0 aliphatic carbocycles. The molecule has 2 rings (SSSR count). The van der Waals surface area contributed by atoms with Crippen LogP contribution in [0.2, 0.25) is 10.0 Å². The predicted molar refractivity (Wildman–Crippen MR) is 111 cm³/mol. The van der Waals surface area contributed by atoms with Crippen LogP contribution in [-0.4, -0.2) is 33.2 Å². The van der Waals surface area contributed by atoms with E-state index in [0.717, 1.165) is 22.5 Å². The van der Waals surface area contributed by atoms with E-state index in [-0.39, 0.29) is 5.91 Å². The van der Waals surface area contributed by atoms with E-state index < -0.39 is 16.1 Å². The van der Waals surface area contributed by atoms with Crippen molar-refractivity contribution in [2.24, 2.45) is 0 Å². The van der Waals surface area contributed by atoms with Gasteiger partial charge in [0.25, 0.3) is 0 Å². The number of amides is 1. The fourth-order valence-electron chi connectivity index (χ4n) is 2.74. The number of carbonyl (C=O) groups excluding carboxylic acids is 1. The third kappa shape index (κ3) is 6.13. The molecule has 0 unspecified atom stereocenters. The zero-order chi connectivity index (χ0) is 20.0. The number of rotatable bonds is 8. The largest absolute Gasteiger partial charge is 0.354 e. The zero-order valence-electron chi connectivity index (χ0n) is 15.2. The predicted octanol–water partition coefficient (Wildman–Crippen LogP) is 3.90. The number of sulfonamides is 1. The minimum Gasteiger partial charge on any atom is -0.354 e. The number of halogens is 2. The van der Waals surface area contributed by atoms with Crippen LogP contribution in [0.5, 0.6) is 0 Å². The fraction of sp³-hybridized carbons (Fsp3) is 0.316. The Morgan fingerprint density at radius 1 is 1.11 bits per heavy atom. The van der Waals surface area contributed by atoms with Crippen LogP contribution in [-0.2, 0) is 21.2 Å². The minimum atomic E-state index is -3.64. The minimum absolute atomic E-state index is 0.366. The summed E-state index contributed by atoms with van der Waals surface area (Å²) in [7, 11) is -3.64. The molecule has 0 fully saturated rings. The molecule has 8 heteroatoms. The second-order valence-corrected chi connectivity index (χ2v) is 8.90. The Morgan fingerprint density at radius 2 is 1.74 bits per heavy atom. The van der Waals surface area contributed by atoms with E-state index in [2.05, 4.69) is 5.32 Å². The Morgan fingerprint density at radius 3 is 2.33 bits per heavy atom. The van der Waals surface area contributed by atoms with E-state index in [1.807, 2.05) is 24.3 Å². The molecule has 0 spiro atoms. The summed E-state index contributed by atoms with van der Waals surface area (Å²) >= 11 is 12.0. The van der Waals surface area contributed by atoms with Gasteiger partial charge < -0.3 is 5.32 Å². The molecule has 0 aliphatic heterocycles. The molecule has 5 nitrogen and oxygen atoms in total. The maximum atomic E-state index is 12.5. The SMILES string of the molecule is C[C@@H](C(=O)NCCCc1ccccc1Cl)N(c1ccc(Cl)cc1)S(C)(=O)=O. The van der Waals surface area contributed by atoms with E-state index in [1.54, 1.807) is 31.2 Å². The molecule has 1 amide bonds. The molecular formula is C19H22Cl2N2O3S. The average Bonchev–Trinajstić information content (AvgIpc) is 2.60. The molecule has 27 heavy (non-hydrogen) atoms. The highest BCUT2D eigenvalue weighted by Crippen LogP contribution is 2.23. The van der Waals surface area contributed by atoms with Gasteiger partial charge in [0.05, 0.1) is 11.9 Å². The summed E-state index contributed by atoms with van der Waals surface area (Å²) in [6, 6.07) is 13.0. The van der Waals surface area contributed by atoms with E-state index in [1.165, 1.54) is 0 Å². The Hall–Kier alpha value is -1.76. The summed E-state index contributed by atoms with van der Waals surface area (Å²) in [6.45, 7) is 1.98. The number of carbonyl (C=O) groups is 1. The molecule has 0 saturated heterocycles. The highest BCUT2D eigenvalue weighted by atomic mass is 35.5. The first-order valence-corrected chi connectivity index (χ1v) is 11.1. The second-order valence-electron chi connectivity index (χ2n) is 6.20. The lowest BCUT2D eigenvalue weighted by molar-refractivity contribution is -0.121. The van der Waals surface area contributed by atoms with Crippen molar-refractivity contribution in [2.75, 3.05) is 17.1 Å². The molecule has 2 aromatic carbocycles. The first-order chi connectivity index (χ1) is 12.7. The van der Waals surface area contributed by atoms with E-state index in [4.69, 9.17) is 23.2 Å². The Balaban J connectivity index is 1.98. The lowest BCUT2D eigenvalue weighted by atomic mass is 10.1. The van der Waals surface area contributed by atoms with E-state index >= 15 is 0 Å². The monoisotopic (exact) mass is 428 g/mol. The van der Waals surface area contributed by atoms with E-state index in [0.29, 0.717) is 28.7 Å². The van der Waals surface area contributed by atoms with Crippen molar-refractivity contribution in [1.82, 2.24) is 5.32 Å². The molecule has 0 aliphatic rings. The van der Waals surface area contributed by atoms with Gasteiger partial charge in [-0.1, -0.05) is 41.4 Å². The summed E-state index contributed by atoms with van der Waals surface area (Å²) in [4.78, 5) is 12.5. The van der Waals surface area contributed by atoms with Crippen LogP contribution in [0, 0.1) is 0 Å². The van der Waals surface area contributed by atoms with Gasteiger partial charge in [0.2, 0.25) is 15.9 Å². The lowest BCUT2D eigenvalue weighted by Crippen LogP contribution is -2.48. The molecule has 0 heterocycles. The normalized spacial score (nSPS) is 12.4. The zero-order valence-corrected chi connectivity index (χ0v) is 17.5. The van der Waals surface area contributed by atoms with Crippen LogP contribution in [0.4, 0.5) is 5.69 Å². The van der Waals surface area contributed by atoms with Gasteiger partial charge in [-0.15, -0.1) is 0 Å². The Kier molecular flexibility index (Phi) is 7.53. The van der Waals surface area contributed by atoms with Crippen molar-refractivity contribution >= 4 is 44.8 Å². The molecule has 0 saturated carbocycles. The van der Waals surface area contributed by atoms with Gasteiger partial charge in [0, 0.05) is 16.6 Å². The molecule has 0 bridgehead atoms. The van der Waals surface area contributed by atoms with Gasteiger partial charge >= 0.3 is 0 Å². The smallest absolute Gasteiger partial charge is 0.243 e. The van der Waals surface area contributed by atoms with Gasteiger partial charge in [-0.05, 0) is 55.7 Å². The van der Waals surface area contributed by atoms with Gasteiger partial charge in [-0.2, -0.15) is 0 Å². The molecule has 1 N–H and O–H groups in total. The summed E-state index contributed by atoms with van der Waals surface area (Å²) in [5.41, 5.74) is 1.40. The van der Waals surface area contributed by atoms with E-state index in [9.17, 15) is 13.2 Å². The van der Waals surface area contributed by atoms with Crippen LogP contribution >= 0.6 is 23.2 Å². The summed E-state index contributed by atoms with van der Waals surface area (Å²) in [6.07, 6.45) is 2.49. The lowest BCUT2D eigenvalue weighted by Gasteiger charge is -2.28. The number of hydrogen-bond acceptors (Lipinski definition) is 3. The van der Waals surface area contributed by atoms with Crippen molar-refractivity contribution in [3.8, 4) is 0 Å². The van der Waals surface area contributed by atoms with Gasteiger partial charge in [-0.3, -0.25) is 9.10 Å². The van der Waals surface area contributed by atoms with Crippen LogP contribution in [0.1, 0.15) is 18.9 Å². The van der Waals surface area contributed by atoms with Gasteiger partial charge in [0.15, 0.2) is 0 Å². The number of hydrogen-bond donors (Lipinski definition) is 1. The van der Waals surface area contributed by atoms with Crippen LogP contribution in [0.15, 0.2) is 48.5 Å². The quantitative estimate of drug-likeness (QED) is 0.648. The molecule has 2 aromatic rings. The van der Waals surface area contributed by atoms with Crippen LogP contribution < -0.4 is 9.62 Å². The Labute approximate surface area is 170 Å². The first kappa shape index (κ1) is 21.5. The maximum Gasteiger partial charge on any atom is 0.243 e. The summed E-state index contributed by atoms with van der Waals surface area (Å²) in [5, 5.41) is 3.98. The average molecular weight is 429 g/mol. The number of anilines is 1. The third-order valence-electron chi connectivity index (χ3n) is 4.05. The Bertz CT molecular complexity index is 886. The summed E-state index contributed by atoms with van der Waals surface area (Å²) < 4.78 is 25.5. The number of aryl methyl sites for hydroxylation is 1. The molecule has 146 valence electrons. The van der Waals surface area contributed by atoms with Gasteiger partial charge in [0.1, 0.15) is 6.04 Å². The van der Waals surface area contributed by atoms with Crippen molar-refractivity contribution in [2.45, 2.75) is 25.8 Å². The topological polar surface area (TPSA) is 66.5 Å². The van der Waals surface area contributed by atoms with Crippen molar-refractivity contribution in [3.63, 3.8) is 0 Å². The molecular weight excluding hydrogens is 407 g/mol. The highest BCUT2D eigenvalue weighted by molar-refractivity contribution is 7.92. The van der Waals surface area contributed by atoms with Crippen molar-refractivity contribution in [3.05, 3.63) is 64.1 Å².